The van der Waals surface area contributed by atoms with Crippen molar-refractivity contribution in [2.24, 2.45) is 0 Å². The van der Waals surface area contributed by atoms with Crippen LogP contribution < -0.4 is 14.4 Å². The van der Waals surface area contributed by atoms with E-state index in [1.165, 1.54) is 16.2 Å². The lowest BCUT2D eigenvalue weighted by molar-refractivity contribution is -0.132. The van der Waals surface area contributed by atoms with Crippen LogP contribution in [-0.4, -0.2) is 36.0 Å². The first-order valence-corrected chi connectivity index (χ1v) is 10.7. The number of thiazole rings is 1. The van der Waals surface area contributed by atoms with Crippen LogP contribution in [0, 0.1) is 13.8 Å². The van der Waals surface area contributed by atoms with Gasteiger partial charge < -0.3 is 14.6 Å². The number of ketones is 1. The summed E-state index contributed by atoms with van der Waals surface area (Å²) in [4.78, 5) is 33.1. The number of carbonyl (C=O) groups excluding carboxylic acids is 2. The number of aliphatic hydroxyl groups excluding tert-OH is 1. The number of rotatable bonds is 5. The maximum absolute atomic E-state index is 13.2. The monoisotopic (exact) mass is 450 g/mol. The van der Waals surface area contributed by atoms with Crippen LogP contribution in [0.25, 0.3) is 5.76 Å². The van der Waals surface area contributed by atoms with Crippen molar-refractivity contribution in [2.75, 3.05) is 19.1 Å². The molecule has 164 valence electrons. The zero-order valence-corrected chi connectivity index (χ0v) is 18.9. The number of nitrogens with zero attached hydrogens (tertiary/aromatic N) is 2. The van der Waals surface area contributed by atoms with Crippen LogP contribution in [0.15, 0.2) is 54.1 Å². The number of aryl methyl sites for hydroxylation is 2. The molecule has 0 spiro atoms. The van der Waals surface area contributed by atoms with E-state index in [4.69, 9.17) is 9.47 Å². The summed E-state index contributed by atoms with van der Waals surface area (Å²) >= 11 is 1.33. The molecule has 1 saturated heterocycles. The largest absolute Gasteiger partial charge is 0.507 e. The topological polar surface area (TPSA) is 89.0 Å². The van der Waals surface area contributed by atoms with Gasteiger partial charge in [0.1, 0.15) is 17.3 Å². The Hall–Kier alpha value is -3.65. The van der Waals surface area contributed by atoms with Crippen LogP contribution in [0.1, 0.15) is 27.7 Å². The molecular weight excluding hydrogens is 428 g/mol. The van der Waals surface area contributed by atoms with Crippen molar-refractivity contribution in [3.63, 3.8) is 0 Å². The summed E-state index contributed by atoms with van der Waals surface area (Å²) in [7, 11) is 3.09. The van der Waals surface area contributed by atoms with Crippen LogP contribution in [0.4, 0.5) is 5.13 Å². The fraction of sp³-hybridized carbons (Fsp3) is 0.208. The second kappa shape index (κ2) is 8.47. The summed E-state index contributed by atoms with van der Waals surface area (Å²) in [6.45, 7) is 3.76. The highest BCUT2D eigenvalue weighted by molar-refractivity contribution is 7.16. The van der Waals surface area contributed by atoms with Crippen molar-refractivity contribution in [1.29, 1.82) is 0 Å². The Bertz CT molecular complexity index is 1210. The molecule has 1 aliphatic heterocycles. The van der Waals surface area contributed by atoms with Crippen LogP contribution in [-0.2, 0) is 9.59 Å². The van der Waals surface area contributed by atoms with Gasteiger partial charge in [-0.1, -0.05) is 12.1 Å². The lowest BCUT2D eigenvalue weighted by atomic mass is 9.95. The molecule has 0 bridgehead atoms. The Kier molecular flexibility index (Phi) is 5.71. The van der Waals surface area contributed by atoms with E-state index in [0.717, 1.165) is 10.6 Å². The predicted octanol–water partition coefficient (Wildman–Crippen LogP) is 4.40. The predicted molar refractivity (Wildman–Crippen MR) is 122 cm³/mol. The minimum atomic E-state index is -0.850. The molecular formula is C24H22N2O5S. The van der Waals surface area contributed by atoms with Crippen molar-refractivity contribution < 1.29 is 24.2 Å². The molecule has 0 radical (unpaired) electrons. The SMILES string of the molecule is COc1ccc(/C(O)=C2\C(=O)C(=O)N(c3nc(C)c(C)s3)C2c2cccc(OC)c2)cc1. The lowest BCUT2D eigenvalue weighted by Crippen LogP contribution is -2.29. The third-order valence-electron chi connectivity index (χ3n) is 5.44. The van der Waals surface area contributed by atoms with Gasteiger partial charge in [-0.3, -0.25) is 14.5 Å². The van der Waals surface area contributed by atoms with Crippen molar-refractivity contribution in [1.82, 2.24) is 4.98 Å². The number of Topliss-reactive ketones (excluding diaryl/α,β-unsaturated/α-hetero) is 1. The van der Waals surface area contributed by atoms with Gasteiger partial charge >= 0.3 is 5.91 Å². The van der Waals surface area contributed by atoms with E-state index in [1.807, 2.05) is 13.8 Å². The highest BCUT2D eigenvalue weighted by atomic mass is 32.1. The summed E-state index contributed by atoms with van der Waals surface area (Å²) in [6.07, 6.45) is 0. The normalized spacial score (nSPS) is 17.6. The second-order valence-electron chi connectivity index (χ2n) is 7.31. The van der Waals surface area contributed by atoms with Gasteiger partial charge in [0.25, 0.3) is 5.78 Å². The summed E-state index contributed by atoms with van der Waals surface area (Å²) in [5.41, 5.74) is 1.82. The second-order valence-corrected chi connectivity index (χ2v) is 8.49. The number of hydrogen-bond acceptors (Lipinski definition) is 7. The molecule has 1 unspecified atom stereocenters. The van der Waals surface area contributed by atoms with Gasteiger partial charge in [0.15, 0.2) is 5.13 Å². The molecule has 1 N–H and O–H groups in total. The third-order valence-corrected chi connectivity index (χ3v) is 6.51. The molecule has 1 atom stereocenters. The van der Waals surface area contributed by atoms with Crippen LogP contribution in [0.3, 0.4) is 0 Å². The average molecular weight is 451 g/mol. The van der Waals surface area contributed by atoms with Crippen molar-refractivity contribution in [3.05, 3.63) is 75.8 Å². The van der Waals surface area contributed by atoms with Crippen LogP contribution in [0.2, 0.25) is 0 Å². The Morgan fingerprint density at radius 3 is 2.31 bits per heavy atom. The van der Waals surface area contributed by atoms with E-state index in [0.29, 0.717) is 27.8 Å². The van der Waals surface area contributed by atoms with Crippen LogP contribution in [0.5, 0.6) is 11.5 Å². The maximum Gasteiger partial charge on any atom is 0.301 e. The standard InChI is InChI=1S/C24H22N2O5S/c1-13-14(2)32-24(25-13)26-20(16-6-5-7-18(12-16)31-4)19(22(28)23(26)29)21(27)15-8-10-17(30-3)11-9-15/h5-12,20,27H,1-4H3/b21-19+. The first kappa shape index (κ1) is 21.6. The van der Waals surface area contributed by atoms with E-state index in [9.17, 15) is 14.7 Å². The molecule has 3 aromatic rings. The molecule has 1 aliphatic rings. The highest BCUT2D eigenvalue weighted by Gasteiger charge is 2.48. The summed E-state index contributed by atoms with van der Waals surface area (Å²) in [5.74, 6) is -0.575. The van der Waals surface area contributed by atoms with E-state index >= 15 is 0 Å². The van der Waals surface area contributed by atoms with Gasteiger partial charge in [0.2, 0.25) is 0 Å². The fourth-order valence-electron chi connectivity index (χ4n) is 3.62. The van der Waals surface area contributed by atoms with Crippen molar-refractivity contribution in [2.45, 2.75) is 19.9 Å². The Morgan fingerprint density at radius 1 is 1.03 bits per heavy atom. The van der Waals surface area contributed by atoms with Gasteiger partial charge in [0.05, 0.1) is 31.5 Å². The molecule has 4 rings (SSSR count). The maximum atomic E-state index is 13.2. The van der Waals surface area contributed by atoms with E-state index in [1.54, 1.807) is 62.8 Å². The molecule has 2 aromatic carbocycles. The number of ether oxygens (including phenoxy) is 2. The fourth-order valence-corrected chi connectivity index (χ4v) is 4.56. The highest BCUT2D eigenvalue weighted by Crippen LogP contribution is 2.44. The molecule has 1 fully saturated rings. The van der Waals surface area contributed by atoms with Gasteiger partial charge in [-0.05, 0) is 55.8 Å². The number of carbonyl (C=O) groups is 2. The number of aromatic nitrogens is 1. The Labute approximate surface area is 189 Å². The van der Waals surface area contributed by atoms with Gasteiger partial charge in [-0.25, -0.2) is 4.98 Å². The number of methoxy groups -OCH3 is 2. The first-order valence-electron chi connectivity index (χ1n) is 9.89. The van der Waals surface area contributed by atoms with Gasteiger partial charge in [0, 0.05) is 10.4 Å². The average Bonchev–Trinajstić information content (AvgIpc) is 3.28. The summed E-state index contributed by atoms with van der Waals surface area (Å²) in [5, 5.41) is 11.6. The minimum Gasteiger partial charge on any atom is -0.507 e. The van der Waals surface area contributed by atoms with Crippen molar-refractivity contribution in [3.8, 4) is 11.5 Å². The minimum absolute atomic E-state index is 0.000994. The zero-order chi connectivity index (χ0) is 23.0. The molecule has 0 saturated carbocycles. The van der Waals surface area contributed by atoms with E-state index < -0.39 is 17.7 Å². The molecule has 7 nitrogen and oxygen atoms in total. The first-order chi connectivity index (χ1) is 15.3. The van der Waals surface area contributed by atoms with E-state index in [-0.39, 0.29) is 11.3 Å². The quantitative estimate of drug-likeness (QED) is 0.352. The van der Waals surface area contributed by atoms with Crippen molar-refractivity contribution >= 4 is 33.9 Å². The number of amides is 1. The number of hydrogen-bond donors (Lipinski definition) is 1. The van der Waals surface area contributed by atoms with Gasteiger partial charge in [-0.15, -0.1) is 11.3 Å². The molecule has 1 aromatic heterocycles. The molecule has 1 amide bonds. The number of benzene rings is 2. The summed E-state index contributed by atoms with van der Waals surface area (Å²) < 4.78 is 10.5. The molecule has 32 heavy (non-hydrogen) atoms. The van der Waals surface area contributed by atoms with E-state index in [2.05, 4.69) is 4.98 Å². The number of aliphatic hydroxyl groups is 1. The van der Waals surface area contributed by atoms with Crippen LogP contribution >= 0.6 is 11.3 Å². The zero-order valence-electron chi connectivity index (χ0n) is 18.1. The molecule has 0 aliphatic carbocycles. The third kappa shape index (κ3) is 3.62. The summed E-state index contributed by atoms with van der Waals surface area (Å²) in [6, 6.07) is 12.9. The molecule has 2 heterocycles. The Morgan fingerprint density at radius 2 is 1.72 bits per heavy atom. The smallest absolute Gasteiger partial charge is 0.301 e. The number of anilines is 1. The lowest BCUT2D eigenvalue weighted by Gasteiger charge is -2.23. The Balaban J connectivity index is 1.93. The van der Waals surface area contributed by atoms with Gasteiger partial charge in [-0.2, -0.15) is 0 Å². The molecule has 8 heteroatoms.